The van der Waals surface area contributed by atoms with E-state index in [0.29, 0.717) is 30.2 Å². The first kappa shape index (κ1) is 21.8. The van der Waals surface area contributed by atoms with E-state index in [1.54, 1.807) is 25.2 Å². The molecule has 1 aromatic carbocycles. The number of hydrogen-bond acceptors (Lipinski definition) is 4. The van der Waals surface area contributed by atoms with Crippen LogP contribution in [0.25, 0.3) is 11.0 Å². The number of rotatable bonds is 6. The summed E-state index contributed by atoms with van der Waals surface area (Å²) in [6, 6.07) is 8.92. The van der Waals surface area contributed by atoms with Gasteiger partial charge in [-0.3, -0.25) is 19.1 Å². The van der Waals surface area contributed by atoms with Crippen molar-refractivity contribution in [1.29, 1.82) is 0 Å². The largest absolute Gasteiger partial charge is 0.337 e. The number of benzene rings is 1. The monoisotopic (exact) mass is 428 g/mol. The summed E-state index contributed by atoms with van der Waals surface area (Å²) >= 11 is 6.05. The molecule has 0 saturated carbocycles. The third-order valence-electron chi connectivity index (χ3n) is 4.89. The van der Waals surface area contributed by atoms with Crippen molar-refractivity contribution in [3.63, 3.8) is 0 Å². The van der Waals surface area contributed by atoms with E-state index in [0.717, 1.165) is 5.56 Å². The van der Waals surface area contributed by atoms with Gasteiger partial charge >= 0.3 is 5.69 Å². The lowest BCUT2D eigenvalue weighted by Gasteiger charge is -2.20. The van der Waals surface area contributed by atoms with Gasteiger partial charge in [-0.2, -0.15) is 0 Å². The van der Waals surface area contributed by atoms with Crippen molar-refractivity contribution in [3.8, 4) is 0 Å². The SMILES string of the molecule is CCCn1c(=O)[nH]c(=O)c2c(C(=O)N(C)Cc3cccc(Cl)c3)cc(C(C)C)nc21. The van der Waals surface area contributed by atoms with Gasteiger partial charge in [0.25, 0.3) is 11.5 Å². The number of halogens is 1. The van der Waals surface area contributed by atoms with Crippen LogP contribution in [0.4, 0.5) is 0 Å². The highest BCUT2D eigenvalue weighted by Crippen LogP contribution is 2.22. The predicted molar refractivity (Wildman–Crippen MR) is 118 cm³/mol. The molecule has 158 valence electrons. The summed E-state index contributed by atoms with van der Waals surface area (Å²) < 4.78 is 1.43. The smallest absolute Gasteiger partial charge is 0.329 e. The van der Waals surface area contributed by atoms with Crippen LogP contribution in [0.3, 0.4) is 0 Å². The van der Waals surface area contributed by atoms with Gasteiger partial charge in [-0.1, -0.05) is 44.5 Å². The van der Waals surface area contributed by atoms with Gasteiger partial charge in [-0.15, -0.1) is 0 Å². The molecule has 0 saturated heterocycles. The Hall–Kier alpha value is -2.93. The summed E-state index contributed by atoms with van der Waals surface area (Å²) in [5.74, 6) is -0.305. The molecule has 0 aliphatic heterocycles. The summed E-state index contributed by atoms with van der Waals surface area (Å²) in [5.41, 5.74) is 0.878. The fourth-order valence-corrected chi connectivity index (χ4v) is 3.59. The molecule has 0 atom stereocenters. The maximum atomic E-state index is 13.4. The Bertz CT molecular complexity index is 1210. The number of fused-ring (bicyclic) bond motifs is 1. The standard InChI is InChI=1S/C22H25ClN4O3/c1-5-9-27-19-18(20(28)25-22(27)30)16(11-17(24-19)13(2)3)21(29)26(4)12-14-7-6-8-15(23)10-14/h6-8,10-11,13H,5,9,12H2,1-4H3,(H,25,28,30). The van der Waals surface area contributed by atoms with Crippen LogP contribution in [0.2, 0.25) is 5.02 Å². The van der Waals surface area contributed by atoms with E-state index >= 15 is 0 Å². The molecule has 1 amide bonds. The normalized spacial score (nSPS) is 11.3. The van der Waals surface area contributed by atoms with E-state index in [-0.39, 0.29) is 28.4 Å². The molecule has 8 heteroatoms. The van der Waals surface area contributed by atoms with Gasteiger partial charge in [0, 0.05) is 30.9 Å². The second-order valence-electron chi connectivity index (χ2n) is 7.65. The third kappa shape index (κ3) is 4.31. The van der Waals surface area contributed by atoms with Crippen molar-refractivity contribution in [3.05, 3.63) is 73.0 Å². The minimum Gasteiger partial charge on any atom is -0.337 e. The quantitative estimate of drug-likeness (QED) is 0.650. The molecule has 0 bridgehead atoms. The number of H-pyrrole nitrogens is 1. The second-order valence-corrected chi connectivity index (χ2v) is 8.09. The molecular formula is C22H25ClN4O3. The Morgan fingerprint density at radius 3 is 2.63 bits per heavy atom. The fourth-order valence-electron chi connectivity index (χ4n) is 3.38. The topological polar surface area (TPSA) is 88.1 Å². The molecule has 3 aromatic rings. The molecule has 1 N–H and O–H groups in total. The van der Waals surface area contributed by atoms with Gasteiger partial charge in [0.2, 0.25) is 0 Å². The van der Waals surface area contributed by atoms with Crippen LogP contribution in [0.5, 0.6) is 0 Å². The molecule has 0 unspecified atom stereocenters. The van der Waals surface area contributed by atoms with Crippen molar-refractivity contribution in [2.45, 2.75) is 46.2 Å². The van der Waals surface area contributed by atoms with E-state index in [1.165, 1.54) is 9.47 Å². The zero-order chi connectivity index (χ0) is 22.0. The number of pyridine rings is 1. The maximum Gasteiger partial charge on any atom is 0.329 e. The number of aromatic nitrogens is 3. The molecule has 2 aromatic heterocycles. The van der Waals surface area contributed by atoms with Crippen LogP contribution in [-0.2, 0) is 13.1 Å². The van der Waals surface area contributed by atoms with Gasteiger partial charge < -0.3 is 4.90 Å². The van der Waals surface area contributed by atoms with Gasteiger partial charge in [0.1, 0.15) is 0 Å². The lowest BCUT2D eigenvalue weighted by Crippen LogP contribution is -2.34. The molecular weight excluding hydrogens is 404 g/mol. The molecule has 2 heterocycles. The zero-order valence-electron chi connectivity index (χ0n) is 17.5. The summed E-state index contributed by atoms with van der Waals surface area (Å²) in [5, 5.41) is 0.722. The number of carbonyl (C=O) groups excluding carboxylic acids is 1. The zero-order valence-corrected chi connectivity index (χ0v) is 18.3. The number of amides is 1. The van der Waals surface area contributed by atoms with Crippen LogP contribution in [-0.4, -0.2) is 32.4 Å². The van der Waals surface area contributed by atoms with Crippen molar-refractivity contribution >= 4 is 28.5 Å². The van der Waals surface area contributed by atoms with Crippen LogP contribution in [0.1, 0.15) is 54.7 Å². The minimum absolute atomic E-state index is 0.0173. The Balaban J connectivity index is 2.18. The van der Waals surface area contributed by atoms with Crippen LogP contribution in [0.15, 0.2) is 39.9 Å². The van der Waals surface area contributed by atoms with E-state index < -0.39 is 11.2 Å². The lowest BCUT2D eigenvalue weighted by molar-refractivity contribution is 0.0786. The van der Waals surface area contributed by atoms with Crippen LogP contribution >= 0.6 is 11.6 Å². The highest BCUT2D eigenvalue weighted by Gasteiger charge is 2.22. The van der Waals surface area contributed by atoms with E-state index in [2.05, 4.69) is 9.97 Å². The van der Waals surface area contributed by atoms with Gasteiger partial charge in [-0.25, -0.2) is 9.78 Å². The molecule has 3 rings (SSSR count). The van der Waals surface area contributed by atoms with E-state index in [9.17, 15) is 14.4 Å². The molecule has 30 heavy (non-hydrogen) atoms. The Kier molecular flexibility index (Phi) is 6.41. The first-order valence-electron chi connectivity index (χ1n) is 9.90. The summed E-state index contributed by atoms with van der Waals surface area (Å²) in [4.78, 5) is 46.8. The van der Waals surface area contributed by atoms with Crippen molar-refractivity contribution in [2.24, 2.45) is 0 Å². The minimum atomic E-state index is -0.607. The average molecular weight is 429 g/mol. The number of carbonyl (C=O) groups is 1. The van der Waals surface area contributed by atoms with E-state index in [4.69, 9.17) is 11.6 Å². The number of nitrogens with zero attached hydrogens (tertiary/aromatic N) is 3. The summed E-state index contributed by atoms with van der Waals surface area (Å²) in [7, 11) is 1.67. The van der Waals surface area contributed by atoms with Gasteiger partial charge in [0.05, 0.1) is 10.9 Å². The molecule has 0 radical (unpaired) electrons. The van der Waals surface area contributed by atoms with Crippen LogP contribution in [0, 0.1) is 0 Å². The number of aromatic amines is 1. The fraction of sp³-hybridized carbons (Fsp3) is 0.364. The summed E-state index contributed by atoms with van der Waals surface area (Å²) in [6.45, 7) is 6.56. The summed E-state index contributed by atoms with van der Waals surface area (Å²) in [6.07, 6.45) is 0.687. The van der Waals surface area contributed by atoms with Crippen LogP contribution < -0.4 is 11.2 Å². The molecule has 7 nitrogen and oxygen atoms in total. The van der Waals surface area contributed by atoms with Gasteiger partial charge in [0.15, 0.2) is 5.65 Å². The highest BCUT2D eigenvalue weighted by molar-refractivity contribution is 6.30. The Labute approximate surface area is 179 Å². The Morgan fingerprint density at radius 2 is 2.00 bits per heavy atom. The van der Waals surface area contributed by atoms with Crippen molar-refractivity contribution in [2.75, 3.05) is 7.05 Å². The average Bonchev–Trinajstić information content (AvgIpc) is 2.69. The van der Waals surface area contributed by atoms with Gasteiger partial charge in [-0.05, 0) is 36.1 Å². The Morgan fingerprint density at radius 1 is 1.27 bits per heavy atom. The number of hydrogen-bond donors (Lipinski definition) is 1. The molecule has 0 aliphatic rings. The van der Waals surface area contributed by atoms with Crippen molar-refractivity contribution in [1.82, 2.24) is 19.4 Å². The molecule has 0 spiro atoms. The van der Waals surface area contributed by atoms with E-state index in [1.807, 2.05) is 32.9 Å². The molecule has 0 aliphatic carbocycles. The first-order valence-corrected chi connectivity index (χ1v) is 10.3. The number of aryl methyl sites for hydroxylation is 1. The second kappa shape index (κ2) is 8.83. The molecule has 0 fully saturated rings. The highest BCUT2D eigenvalue weighted by atomic mass is 35.5. The third-order valence-corrected chi connectivity index (χ3v) is 5.13. The lowest BCUT2D eigenvalue weighted by atomic mass is 10.0. The predicted octanol–water partition coefficient (Wildman–Crippen LogP) is 3.54. The maximum absolute atomic E-state index is 13.4. The van der Waals surface area contributed by atoms with Crippen molar-refractivity contribution < 1.29 is 4.79 Å². The first-order chi connectivity index (χ1) is 14.2. The number of nitrogens with one attached hydrogen (secondary N) is 1.